The molecule has 1 unspecified atom stereocenters. The van der Waals surface area contributed by atoms with Gasteiger partial charge in [0.05, 0.1) is 33.4 Å². The molecule has 5 rings (SSSR count). The Balaban J connectivity index is 1.80. The van der Waals surface area contributed by atoms with E-state index in [1.54, 1.807) is 21.3 Å². The summed E-state index contributed by atoms with van der Waals surface area (Å²) in [6.07, 6.45) is 1.41. The maximum Gasteiger partial charge on any atom is 0.223 e. The van der Waals surface area contributed by atoms with E-state index in [9.17, 15) is 4.79 Å². The molecule has 0 saturated carbocycles. The van der Waals surface area contributed by atoms with Crippen LogP contribution in [-0.2, 0) is 4.79 Å². The van der Waals surface area contributed by atoms with Gasteiger partial charge in [-0.25, -0.2) is 0 Å². The quantitative estimate of drug-likeness (QED) is 0.653. The molecule has 5 heteroatoms. The number of nitrogens with zero attached hydrogens (tertiary/aromatic N) is 1. The van der Waals surface area contributed by atoms with Gasteiger partial charge in [-0.3, -0.25) is 4.79 Å². The van der Waals surface area contributed by atoms with E-state index in [0.717, 1.165) is 17.5 Å². The molecule has 3 aromatic carbocycles. The molecule has 148 valence electrons. The molecular formula is C24H23NO4. The molecule has 1 fully saturated rings. The number of hydrogen-bond acceptors (Lipinski definition) is 4. The molecular weight excluding hydrogens is 366 g/mol. The van der Waals surface area contributed by atoms with Crippen LogP contribution < -0.4 is 14.2 Å². The molecule has 2 heterocycles. The summed E-state index contributed by atoms with van der Waals surface area (Å²) in [6, 6.07) is 16.5. The molecule has 2 aliphatic rings. The predicted molar refractivity (Wildman–Crippen MR) is 111 cm³/mol. The van der Waals surface area contributed by atoms with Crippen molar-refractivity contribution in [2.45, 2.75) is 24.9 Å². The fraction of sp³-hybridized carbons (Fsp3) is 0.292. The number of carbonyl (C=O) groups is 1. The van der Waals surface area contributed by atoms with Crippen LogP contribution in [0.2, 0.25) is 0 Å². The molecule has 0 aromatic heterocycles. The van der Waals surface area contributed by atoms with Crippen molar-refractivity contribution in [3.8, 4) is 17.2 Å². The van der Waals surface area contributed by atoms with E-state index in [1.807, 2.05) is 17.0 Å². The van der Waals surface area contributed by atoms with Crippen LogP contribution in [0.25, 0.3) is 10.8 Å². The van der Waals surface area contributed by atoms with Crippen LogP contribution in [-0.4, -0.2) is 32.1 Å². The molecule has 0 radical (unpaired) electrons. The van der Waals surface area contributed by atoms with Gasteiger partial charge >= 0.3 is 0 Å². The van der Waals surface area contributed by atoms with E-state index in [0.29, 0.717) is 23.7 Å². The van der Waals surface area contributed by atoms with Gasteiger partial charge in [0.2, 0.25) is 11.7 Å². The number of benzene rings is 3. The van der Waals surface area contributed by atoms with Gasteiger partial charge in [-0.2, -0.15) is 0 Å². The minimum absolute atomic E-state index is 0.0881. The highest BCUT2D eigenvalue weighted by Gasteiger charge is 2.43. The van der Waals surface area contributed by atoms with Crippen molar-refractivity contribution in [3.05, 3.63) is 65.2 Å². The first-order valence-corrected chi connectivity index (χ1v) is 9.80. The number of fused-ring (bicyclic) bond motifs is 2. The van der Waals surface area contributed by atoms with Crippen molar-refractivity contribution in [1.29, 1.82) is 0 Å². The average Bonchev–Trinajstić information content (AvgIpc) is 3.14. The molecule has 0 aliphatic carbocycles. The summed E-state index contributed by atoms with van der Waals surface area (Å²) >= 11 is 0. The van der Waals surface area contributed by atoms with Crippen molar-refractivity contribution in [1.82, 2.24) is 4.90 Å². The Morgan fingerprint density at radius 1 is 0.897 bits per heavy atom. The number of rotatable bonds is 4. The standard InChI is InChI=1S/C24H23NO4/c1-27-19-12-15(13-20(28-2)24(19)29-3)23-17-9-5-7-14-6-4-8-16(22(14)17)18-10-11-21(26)25(18)23/h4-9,12-13,18,23H,10-11H2,1-3H3/t18?,23-/m0/s1. The van der Waals surface area contributed by atoms with Crippen molar-refractivity contribution >= 4 is 16.7 Å². The number of carbonyl (C=O) groups excluding carboxylic acids is 1. The second-order valence-corrected chi connectivity index (χ2v) is 7.51. The number of ether oxygens (including phenoxy) is 3. The van der Waals surface area contributed by atoms with Crippen molar-refractivity contribution in [2.75, 3.05) is 21.3 Å². The first-order valence-electron chi connectivity index (χ1n) is 9.80. The molecule has 0 bridgehead atoms. The van der Waals surface area contributed by atoms with Crippen molar-refractivity contribution in [2.24, 2.45) is 0 Å². The Hall–Kier alpha value is -3.21. The normalized spacial score (nSPS) is 20.0. The number of hydrogen-bond donors (Lipinski definition) is 0. The topological polar surface area (TPSA) is 48.0 Å². The Morgan fingerprint density at radius 3 is 2.17 bits per heavy atom. The lowest BCUT2D eigenvalue weighted by Crippen LogP contribution is -2.36. The second kappa shape index (κ2) is 6.69. The third-order valence-electron chi connectivity index (χ3n) is 6.16. The lowest BCUT2D eigenvalue weighted by atomic mass is 9.83. The largest absolute Gasteiger partial charge is 0.493 e. The molecule has 5 nitrogen and oxygen atoms in total. The third-order valence-corrected chi connectivity index (χ3v) is 6.16. The van der Waals surface area contributed by atoms with Crippen LogP contribution in [0, 0.1) is 0 Å². The van der Waals surface area contributed by atoms with Gasteiger partial charge in [-0.05, 0) is 46.0 Å². The summed E-state index contributed by atoms with van der Waals surface area (Å²) in [4.78, 5) is 15.0. The van der Waals surface area contributed by atoms with Gasteiger partial charge in [-0.15, -0.1) is 0 Å². The maximum absolute atomic E-state index is 13.0. The predicted octanol–water partition coefficient (Wildman–Crippen LogP) is 4.63. The van der Waals surface area contributed by atoms with Crippen LogP contribution in [0.1, 0.15) is 41.6 Å². The zero-order valence-electron chi connectivity index (χ0n) is 16.8. The van der Waals surface area contributed by atoms with Gasteiger partial charge in [0.15, 0.2) is 11.5 Å². The molecule has 2 atom stereocenters. The Kier molecular flexibility index (Phi) is 4.12. The van der Waals surface area contributed by atoms with Crippen LogP contribution in [0.15, 0.2) is 48.5 Å². The lowest BCUT2D eigenvalue weighted by Gasteiger charge is -2.40. The smallest absolute Gasteiger partial charge is 0.223 e. The molecule has 3 aromatic rings. The minimum Gasteiger partial charge on any atom is -0.493 e. The zero-order valence-corrected chi connectivity index (χ0v) is 16.8. The fourth-order valence-corrected chi connectivity index (χ4v) is 4.99. The van der Waals surface area contributed by atoms with Gasteiger partial charge < -0.3 is 19.1 Å². The van der Waals surface area contributed by atoms with Crippen LogP contribution in [0.5, 0.6) is 17.2 Å². The second-order valence-electron chi connectivity index (χ2n) is 7.51. The van der Waals surface area contributed by atoms with Gasteiger partial charge in [0.1, 0.15) is 0 Å². The van der Waals surface area contributed by atoms with E-state index in [1.165, 1.54) is 16.3 Å². The van der Waals surface area contributed by atoms with Crippen molar-refractivity contribution in [3.63, 3.8) is 0 Å². The summed E-state index contributed by atoms with van der Waals surface area (Å²) in [5.74, 6) is 1.92. The summed E-state index contributed by atoms with van der Waals surface area (Å²) in [5, 5.41) is 2.46. The van der Waals surface area contributed by atoms with Crippen molar-refractivity contribution < 1.29 is 19.0 Å². The first kappa shape index (κ1) is 17.9. The fourth-order valence-electron chi connectivity index (χ4n) is 4.99. The van der Waals surface area contributed by atoms with Crippen LogP contribution >= 0.6 is 0 Å². The van der Waals surface area contributed by atoms with E-state index in [4.69, 9.17) is 14.2 Å². The molecule has 2 aliphatic heterocycles. The summed E-state index contributed by atoms with van der Waals surface area (Å²) in [7, 11) is 4.82. The highest BCUT2D eigenvalue weighted by atomic mass is 16.5. The monoisotopic (exact) mass is 389 g/mol. The van der Waals surface area contributed by atoms with Gasteiger partial charge in [0.25, 0.3) is 0 Å². The average molecular weight is 389 g/mol. The minimum atomic E-state index is -0.192. The Morgan fingerprint density at radius 2 is 1.55 bits per heavy atom. The summed E-state index contributed by atoms with van der Waals surface area (Å²) in [5.41, 5.74) is 3.34. The highest BCUT2D eigenvalue weighted by Crippen LogP contribution is 2.52. The zero-order chi connectivity index (χ0) is 20.1. The number of amides is 1. The highest BCUT2D eigenvalue weighted by molar-refractivity contribution is 5.94. The SMILES string of the molecule is COc1cc([C@H]2c3cccc4cccc(c34)C3CCC(=O)N32)cc(OC)c1OC. The maximum atomic E-state index is 13.0. The van der Waals surface area contributed by atoms with E-state index >= 15 is 0 Å². The van der Waals surface area contributed by atoms with E-state index in [2.05, 4.69) is 36.4 Å². The molecule has 29 heavy (non-hydrogen) atoms. The third kappa shape index (κ3) is 2.50. The lowest BCUT2D eigenvalue weighted by molar-refractivity contribution is -0.130. The summed E-state index contributed by atoms with van der Waals surface area (Å²) < 4.78 is 16.7. The molecule has 0 N–H and O–H groups in total. The first-order chi connectivity index (χ1) is 14.2. The molecule has 0 spiro atoms. The Labute approximate surface area is 169 Å². The van der Waals surface area contributed by atoms with E-state index in [-0.39, 0.29) is 18.0 Å². The number of methoxy groups -OCH3 is 3. The van der Waals surface area contributed by atoms with Gasteiger partial charge in [0, 0.05) is 6.42 Å². The molecule has 1 amide bonds. The van der Waals surface area contributed by atoms with Crippen LogP contribution in [0.4, 0.5) is 0 Å². The molecule has 1 saturated heterocycles. The van der Waals surface area contributed by atoms with Gasteiger partial charge in [-0.1, -0.05) is 36.4 Å². The van der Waals surface area contributed by atoms with E-state index < -0.39 is 0 Å². The Bertz CT molecular complexity index is 1090. The summed E-state index contributed by atoms with van der Waals surface area (Å²) in [6.45, 7) is 0. The van der Waals surface area contributed by atoms with Crippen LogP contribution in [0.3, 0.4) is 0 Å².